The van der Waals surface area contributed by atoms with E-state index in [9.17, 15) is 28.5 Å². The maximum atomic E-state index is 12.1. The molecule has 0 spiro atoms. The van der Waals surface area contributed by atoms with Crippen LogP contribution in [0, 0.1) is 0 Å². The molecule has 0 bridgehead atoms. The Morgan fingerprint density at radius 3 is 1.39 bits per heavy atom. The number of rotatable bonds is 12. The summed E-state index contributed by atoms with van der Waals surface area (Å²) < 4.78 is 34.0. The highest BCUT2D eigenvalue weighted by Crippen LogP contribution is 2.45. The molecular weight excluding hydrogens is 442 g/mol. The molecule has 2 unspecified atom stereocenters. The first kappa shape index (κ1) is 25.0. The molecule has 0 aromatic heterocycles. The van der Waals surface area contributed by atoms with Crippen LogP contribution in [0.3, 0.4) is 0 Å². The zero-order valence-corrected chi connectivity index (χ0v) is 18.8. The highest BCUT2D eigenvalue weighted by atomic mass is 31.2. The van der Waals surface area contributed by atoms with Gasteiger partial charge in [0.1, 0.15) is 0 Å². The number of carbonyl (C=O) groups excluding carboxylic acids is 2. The minimum atomic E-state index is -3.67. The third-order valence-corrected chi connectivity index (χ3v) is 6.94. The Hall–Kier alpha value is -2.24. The van der Waals surface area contributed by atoms with Crippen LogP contribution in [0.5, 0.6) is 0 Å². The summed E-state index contributed by atoms with van der Waals surface area (Å²) in [5, 5.41) is 0. The van der Waals surface area contributed by atoms with Gasteiger partial charge in [0, 0.05) is 12.8 Å². The van der Waals surface area contributed by atoms with Crippen LogP contribution in [0.2, 0.25) is 0 Å². The van der Waals surface area contributed by atoms with Crippen LogP contribution in [0.15, 0.2) is 60.7 Å². The van der Waals surface area contributed by atoms with Crippen LogP contribution in [-0.2, 0) is 40.5 Å². The topological polar surface area (TPSA) is 127 Å². The summed E-state index contributed by atoms with van der Waals surface area (Å²) in [6.45, 7) is 0. The second-order valence-corrected chi connectivity index (χ2v) is 11.7. The van der Waals surface area contributed by atoms with Crippen molar-refractivity contribution in [1.82, 2.24) is 0 Å². The molecule has 0 aliphatic heterocycles. The SMILES string of the molecule is O=C(CCCC(=O)OCP(=O)(O)Cc1ccccc1)OCP(=O)(O)Cc1ccccc1. The minimum absolute atomic E-state index is 0.0977. The van der Waals surface area contributed by atoms with Crippen LogP contribution in [-0.4, -0.2) is 34.4 Å². The van der Waals surface area contributed by atoms with Gasteiger partial charge in [0.15, 0.2) is 12.7 Å². The van der Waals surface area contributed by atoms with Crippen molar-refractivity contribution in [3.8, 4) is 0 Å². The first-order valence-electron chi connectivity index (χ1n) is 9.66. The Labute approximate surface area is 181 Å². The van der Waals surface area contributed by atoms with Crippen LogP contribution < -0.4 is 0 Å². The van der Waals surface area contributed by atoms with Gasteiger partial charge in [-0.25, -0.2) is 0 Å². The number of esters is 2. The van der Waals surface area contributed by atoms with Gasteiger partial charge in [-0.1, -0.05) is 60.7 Å². The molecule has 0 saturated carbocycles. The lowest BCUT2D eigenvalue weighted by Gasteiger charge is -2.13. The van der Waals surface area contributed by atoms with E-state index in [1.807, 2.05) is 0 Å². The summed E-state index contributed by atoms with van der Waals surface area (Å²) in [5.41, 5.74) is 1.33. The lowest BCUT2D eigenvalue weighted by Crippen LogP contribution is -2.10. The predicted molar refractivity (Wildman–Crippen MR) is 116 cm³/mol. The molecule has 2 aromatic rings. The fraction of sp³-hybridized carbons (Fsp3) is 0.333. The van der Waals surface area contributed by atoms with Gasteiger partial charge < -0.3 is 19.3 Å². The van der Waals surface area contributed by atoms with Crippen LogP contribution >= 0.6 is 14.7 Å². The Morgan fingerprint density at radius 1 is 0.677 bits per heavy atom. The molecule has 0 fully saturated rings. The van der Waals surface area contributed by atoms with E-state index in [1.165, 1.54) is 0 Å². The second-order valence-electron chi connectivity index (χ2n) is 7.12. The first-order chi connectivity index (χ1) is 14.7. The third kappa shape index (κ3) is 10.6. The van der Waals surface area contributed by atoms with E-state index in [4.69, 9.17) is 9.47 Å². The van der Waals surface area contributed by atoms with E-state index in [0.717, 1.165) is 0 Å². The smallest absolute Gasteiger partial charge is 0.306 e. The molecule has 0 aliphatic carbocycles. The van der Waals surface area contributed by atoms with Crippen molar-refractivity contribution < 1.29 is 38.0 Å². The molecule has 8 nitrogen and oxygen atoms in total. The fourth-order valence-corrected chi connectivity index (χ4v) is 5.13. The van der Waals surface area contributed by atoms with Gasteiger partial charge in [-0.2, -0.15) is 0 Å². The van der Waals surface area contributed by atoms with Gasteiger partial charge in [0.25, 0.3) is 0 Å². The molecule has 2 N–H and O–H groups in total. The van der Waals surface area contributed by atoms with E-state index in [-0.39, 0.29) is 31.6 Å². The second kappa shape index (κ2) is 12.0. The number of benzene rings is 2. The number of ether oxygens (including phenoxy) is 2. The predicted octanol–water partition coefficient (Wildman–Crippen LogP) is 4.10. The molecule has 168 valence electrons. The van der Waals surface area contributed by atoms with Crippen molar-refractivity contribution in [1.29, 1.82) is 0 Å². The van der Waals surface area contributed by atoms with Crippen molar-refractivity contribution in [2.45, 2.75) is 31.6 Å². The Morgan fingerprint density at radius 2 is 1.03 bits per heavy atom. The Balaban J connectivity index is 1.63. The van der Waals surface area contributed by atoms with Crippen LogP contribution in [0.25, 0.3) is 0 Å². The van der Waals surface area contributed by atoms with Gasteiger partial charge in [-0.15, -0.1) is 0 Å². The highest BCUT2D eigenvalue weighted by Gasteiger charge is 2.23. The Kier molecular flexibility index (Phi) is 9.66. The maximum absolute atomic E-state index is 12.1. The van der Waals surface area contributed by atoms with Crippen molar-refractivity contribution in [3.05, 3.63) is 71.8 Å². The molecule has 0 saturated heterocycles. The molecule has 0 amide bonds. The minimum Gasteiger partial charge on any atom is -0.455 e. The maximum Gasteiger partial charge on any atom is 0.306 e. The van der Waals surface area contributed by atoms with Crippen molar-refractivity contribution in [2.75, 3.05) is 12.7 Å². The van der Waals surface area contributed by atoms with Crippen LogP contribution in [0.1, 0.15) is 30.4 Å². The molecule has 0 aliphatic rings. The van der Waals surface area contributed by atoms with Crippen molar-refractivity contribution >= 4 is 26.7 Å². The first-order valence-corrected chi connectivity index (χ1v) is 13.7. The summed E-state index contributed by atoms with van der Waals surface area (Å²) in [5.74, 6) is -1.40. The quantitative estimate of drug-likeness (QED) is 0.352. The monoisotopic (exact) mass is 468 g/mol. The average molecular weight is 468 g/mol. The van der Waals surface area contributed by atoms with Gasteiger partial charge in [0.05, 0.1) is 12.3 Å². The average Bonchev–Trinajstić information content (AvgIpc) is 2.72. The van der Waals surface area contributed by atoms with Gasteiger partial charge >= 0.3 is 11.9 Å². The number of hydrogen-bond donors (Lipinski definition) is 2. The summed E-state index contributed by atoms with van der Waals surface area (Å²) in [6.07, 6.45) is -1.57. The lowest BCUT2D eigenvalue weighted by molar-refractivity contribution is -0.143. The van der Waals surface area contributed by atoms with E-state index in [0.29, 0.717) is 11.1 Å². The molecule has 31 heavy (non-hydrogen) atoms. The zero-order chi connectivity index (χ0) is 22.7. The number of hydrogen-bond acceptors (Lipinski definition) is 6. The van der Waals surface area contributed by atoms with E-state index < -0.39 is 39.4 Å². The zero-order valence-electron chi connectivity index (χ0n) is 17.0. The van der Waals surface area contributed by atoms with E-state index >= 15 is 0 Å². The van der Waals surface area contributed by atoms with Crippen LogP contribution in [0.4, 0.5) is 0 Å². The summed E-state index contributed by atoms with van der Waals surface area (Å²) in [6, 6.07) is 17.4. The normalized spacial score (nSPS) is 14.8. The van der Waals surface area contributed by atoms with E-state index in [2.05, 4.69) is 0 Å². The molecule has 0 heterocycles. The van der Waals surface area contributed by atoms with Crippen molar-refractivity contribution in [2.24, 2.45) is 0 Å². The lowest BCUT2D eigenvalue weighted by atomic mass is 10.2. The molecular formula is C21H26O8P2. The standard InChI is InChI=1S/C21H26O8P2/c22-20(28-16-30(24,25)14-18-8-3-1-4-9-18)12-7-13-21(23)29-17-31(26,27)15-19-10-5-2-6-11-19/h1-6,8-11H,7,12-17H2,(H,24,25)(H,26,27). The largest absolute Gasteiger partial charge is 0.455 e. The molecule has 2 atom stereocenters. The Bertz CT molecular complexity index is 869. The molecule has 10 heteroatoms. The fourth-order valence-electron chi connectivity index (χ4n) is 2.70. The van der Waals surface area contributed by atoms with Gasteiger partial charge in [-0.3, -0.25) is 18.7 Å². The summed E-state index contributed by atoms with van der Waals surface area (Å²) >= 11 is 0. The van der Waals surface area contributed by atoms with Gasteiger partial charge in [-0.05, 0) is 17.5 Å². The highest BCUT2D eigenvalue weighted by molar-refractivity contribution is 7.57. The molecule has 0 radical (unpaired) electrons. The third-order valence-electron chi connectivity index (χ3n) is 4.16. The summed E-state index contributed by atoms with van der Waals surface area (Å²) in [4.78, 5) is 43.4. The summed E-state index contributed by atoms with van der Waals surface area (Å²) in [7, 11) is -7.34. The van der Waals surface area contributed by atoms with Crippen molar-refractivity contribution in [3.63, 3.8) is 0 Å². The van der Waals surface area contributed by atoms with E-state index in [1.54, 1.807) is 60.7 Å². The molecule has 2 aromatic carbocycles. The van der Waals surface area contributed by atoms with Gasteiger partial charge in [0.2, 0.25) is 14.7 Å². The number of carbonyl (C=O) groups is 2. The molecule has 2 rings (SSSR count).